The van der Waals surface area contributed by atoms with Crippen molar-refractivity contribution >= 4 is 37.9 Å². The summed E-state index contributed by atoms with van der Waals surface area (Å²) in [6.45, 7) is 0. The van der Waals surface area contributed by atoms with E-state index in [1.54, 1.807) is 30.3 Å². The molecule has 0 saturated carbocycles. The smallest absolute Gasteiger partial charge is 0.200 e. The van der Waals surface area contributed by atoms with Gasteiger partial charge in [0.15, 0.2) is 11.3 Å². The molecule has 1 aromatic heterocycles. The second-order valence-corrected chi connectivity index (χ2v) is 4.64. The summed E-state index contributed by atoms with van der Waals surface area (Å²) in [6.07, 6.45) is 0. The van der Waals surface area contributed by atoms with E-state index in [1.807, 2.05) is 0 Å². The van der Waals surface area contributed by atoms with Crippen LogP contribution in [0.4, 0.5) is 0 Å². The standard InChI is InChI=1S/C13H7BrO3/c14-7-4-5-11-9(6-7)12(16)8-2-1-3-10(15)13(8)17-11/h1-6,15H. The fraction of sp³-hybridized carbons (Fsp3) is 0. The third-order valence-electron chi connectivity index (χ3n) is 2.64. The Hall–Kier alpha value is -1.81. The van der Waals surface area contributed by atoms with Crippen molar-refractivity contribution in [3.8, 4) is 5.75 Å². The first-order chi connectivity index (χ1) is 8.16. The summed E-state index contributed by atoms with van der Waals surface area (Å²) in [5.41, 5.74) is 0.554. The molecule has 0 fully saturated rings. The van der Waals surface area contributed by atoms with Crippen molar-refractivity contribution in [2.75, 3.05) is 0 Å². The lowest BCUT2D eigenvalue weighted by molar-refractivity contribution is 0.467. The molecule has 0 atom stereocenters. The van der Waals surface area contributed by atoms with Crippen LogP contribution in [0.3, 0.4) is 0 Å². The van der Waals surface area contributed by atoms with E-state index in [2.05, 4.69) is 15.9 Å². The fourth-order valence-electron chi connectivity index (χ4n) is 1.83. The molecule has 2 aromatic carbocycles. The van der Waals surface area contributed by atoms with Crippen LogP contribution >= 0.6 is 15.9 Å². The highest BCUT2D eigenvalue weighted by Crippen LogP contribution is 2.26. The topological polar surface area (TPSA) is 50.4 Å². The Bertz CT molecular complexity index is 783. The summed E-state index contributed by atoms with van der Waals surface area (Å²) in [7, 11) is 0. The fourth-order valence-corrected chi connectivity index (χ4v) is 2.20. The normalized spacial score (nSPS) is 11.1. The van der Waals surface area contributed by atoms with Crippen molar-refractivity contribution < 1.29 is 9.52 Å². The van der Waals surface area contributed by atoms with Gasteiger partial charge >= 0.3 is 0 Å². The summed E-state index contributed by atoms with van der Waals surface area (Å²) in [5, 5.41) is 10.6. The van der Waals surface area contributed by atoms with E-state index < -0.39 is 0 Å². The van der Waals surface area contributed by atoms with Gasteiger partial charge in [-0.2, -0.15) is 0 Å². The first kappa shape index (κ1) is 10.4. The van der Waals surface area contributed by atoms with Gasteiger partial charge in [-0.3, -0.25) is 4.79 Å². The number of aromatic hydroxyl groups is 1. The van der Waals surface area contributed by atoms with Gasteiger partial charge in [0, 0.05) is 4.47 Å². The van der Waals surface area contributed by atoms with Crippen molar-refractivity contribution in [1.29, 1.82) is 0 Å². The van der Waals surface area contributed by atoms with Crippen LogP contribution in [0.1, 0.15) is 0 Å². The van der Waals surface area contributed by atoms with Gasteiger partial charge in [0.1, 0.15) is 5.58 Å². The van der Waals surface area contributed by atoms with E-state index in [0.29, 0.717) is 16.4 Å². The van der Waals surface area contributed by atoms with Crippen LogP contribution < -0.4 is 5.43 Å². The summed E-state index contributed by atoms with van der Waals surface area (Å²) in [4.78, 5) is 12.2. The van der Waals surface area contributed by atoms with Gasteiger partial charge in [0.25, 0.3) is 0 Å². The molecular weight excluding hydrogens is 284 g/mol. The van der Waals surface area contributed by atoms with Crippen LogP contribution in [0.2, 0.25) is 0 Å². The molecule has 0 aliphatic carbocycles. The third-order valence-corrected chi connectivity index (χ3v) is 3.13. The Balaban J connectivity index is 2.62. The number of benzene rings is 2. The second kappa shape index (κ2) is 3.60. The molecular formula is C13H7BrO3. The molecule has 3 aromatic rings. The maximum atomic E-state index is 12.2. The van der Waals surface area contributed by atoms with E-state index in [1.165, 1.54) is 6.07 Å². The van der Waals surface area contributed by atoms with E-state index >= 15 is 0 Å². The van der Waals surface area contributed by atoms with E-state index in [4.69, 9.17) is 4.42 Å². The molecule has 0 aliphatic rings. The number of hydrogen-bond donors (Lipinski definition) is 1. The molecule has 4 heteroatoms. The Morgan fingerprint density at radius 2 is 1.94 bits per heavy atom. The Morgan fingerprint density at radius 1 is 1.12 bits per heavy atom. The summed E-state index contributed by atoms with van der Waals surface area (Å²) in [5.74, 6) is -0.0237. The van der Waals surface area contributed by atoms with Crippen molar-refractivity contribution in [1.82, 2.24) is 0 Å². The molecule has 1 N–H and O–H groups in total. The minimum absolute atomic E-state index is 0.0237. The third kappa shape index (κ3) is 1.52. The van der Waals surface area contributed by atoms with Gasteiger partial charge in [-0.25, -0.2) is 0 Å². The van der Waals surface area contributed by atoms with Crippen molar-refractivity contribution in [2.24, 2.45) is 0 Å². The minimum atomic E-state index is -0.140. The SMILES string of the molecule is O=c1c2cc(Br)ccc2oc2c(O)cccc12. The molecule has 0 spiro atoms. The maximum Gasteiger partial charge on any atom is 0.200 e. The van der Waals surface area contributed by atoms with Gasteiger partial charge in [-0.1, -0.05) is 22.0 Å². The Morgan fingerprint density at radius 3 is 2.76 bits per heavy atom. The molecule has 1 heterocycles. The lowest BCUT2D eigenvalue weighted by atomic mass is 10.1. The molecule has 0 saturated heterocycles. The van der Waals surface area contributed by atoms with Crippen molar-refractivity contribution in [3.63, 3.8) is 0 Å². The van der Waals surface area contributed by atoms with E-state index in [-0.39, 0.29) is 16.8 Å². The van der Waals surface area contributed by atoms with Crippen LogP contribution in [0.25, 0.3) is 21.9 Å². The molecule has 0 amide bonds. The van der Waals surface area contributed by atoms with Gasteiger partial charge in [-0.05, 0) is 30.3 Å². The number of rotatable bonds is 0. The number of fused-ring (bicyclic) bond motifs is 2. The molecule has 0 aliphatic heterocycles. The monoisotopic (exact) mass is 290 g/mol. The lowest BCUT2D eigenvalue weighted by Crippen LogP contribution is -2.01. The Labute approximate surface area is 104 Å². The second-order valence-electron chi connectivity index (χ2n) is 3.73. The largest absolute Gasteiger partial charge is 0.504 e. The molecule has 0 unspecified atom stereocenters. The summed E-state index contributed by atoms with van der Waals surface area (Å²) in [6, 6.07) is 9.96. The average molecular weight is 291 g/mol. The highest BCUT2D eigenvalue weighted by atomic mass is 79.9. The predicted octanol–water partition coefficient (Wildman–Crippen LogP) is 3.41. The van der Waals surface area contributed by atoms with Crippen molar-refractivity contribution in [2.45, 2.75) is 0 Å². The summed E-state index contributed by atoms with van der Waals surface area (Å²) < 4.78 is 6.36. The minimum Gasteiger partial charge on any atom is -0.504 e. The Kier molecular flexibility index (Phi) is 2.19. The zero-order valence-corrected chi connectivity index (χ0v) is 10.2. The quantitative estimate of drug-likeness (QED) is 0.646. The lowest BCUT2D eigenvalue weighted by Gasteiger charge is -2.02. The predicted molar refractivity (Wildman–Crippen MR) is 69.4 cm³/mol. The van der Waals surface area contributed by atoms with Gasteiger partial charge in [0.05, 0.1) is 10.8 Å². The number of hydrogen-bond acceptors (Lipinski definition) is 3. The van der Waals surface area contributed by atoms with Gasteiger partial charge in [-0.15, -0.1) is 0 Å². The van der Waals surface area contributed by atoms with E-state index in [9.17, 15) is 9.90 Å². The highest BCUT2D eigenvalue weighted by molar-refractivity contribution is 9.10. The van der Waals surface area contributed by atoms with E-state index in [0.717, 1.165) is 4.47 Å². The highest BCUT2D eigenvalue weighted by Gasteiger charge is 2.10. The van der Waals surface area contributed by atoms with Crippen LogP contribution in [-0.4, -0.2) is 5.11 Å². The number of halogens is 1. The number of para-hydroxylation sites is 1. The van der Waals surface area contributed by atoms with Crippen LogP contribution in [0, 0.1) is 0 Å². The first-order valence-electron chi connectivity index (χ1n) is 5.01. The zero-order valence-electron chi connectivity index (χ0n) is 8.61. The molecule has 0 radical (unpaired) electrons. The number of phenols is 1. The zero-order chi connectivity index (χ0) is 12.0. The van der Waals surface area contributed by atoms with Gasteiger partial charge < -0.3 is 9.52 Å². The first-order valence-corrected chi connectivity index (χ1v) is 5.80. The van der Waals surface area contributed by atoms with Crippen LogP contribution in [0.5, 0.6) is 5.75 Å². The van der Waals surface area contributed by atoms with Gasteiger partial charge in [0.2, 0.25) is 5.43 Å². The average Bonchev–Trinajstić information content (AvgIpc) is 2.32. The summed E-state index contributed by atoms with van der Waals surface area (Å²) >= 11 is 3.32. The number of phenolic OH excluding ortho intramolecular Hbond substituents is 1. The molecule has 84 valence electrons. The molecule has 3 nitrogen and oxygen atoms in total. The van der Waals surface area contributed by atoms with Crippen LogP contribution in [0.15, 0.2) is 50.1 Å². The molecule has 3 rings (SSSR count). The molecule has 17 heavy (non-hydrogen) atoms. The van der Waals surface area contributed by atoms with Crippen molar-refractivity contribution in [3.05, 3.63) is 51.1 Å². The van der Waals surface area contributed by atoms with Crippen LogP contribution in [-0.2, 0) is 0 Å². The molecule has 0 bridgehead atoms. The maximum absolute atomic E-state index is 12.2.